The second-order valence-corrected chi connectivity index (χ2v) is 5.62. The van der Waals surface area contributed by atoms with Gasteiger partial charge in [-0.05, 0) is 12.1 Å². The van der Waals surface area contributed by atoms with Gasteiger partial charge in [0.1, 0.15) is 18.1 Å². The third-order valence-electron chi connectivity index (χ3n) is 3.92. The Morgan fingerprint density at radius 1 is 1.00 bits per heavy atom. The van der Waals surface area contributed by atoms with Gasteiger partial charge in [0, 0.05) is 5.56 Å². The van der Waals surface area contributed by atoms with Gasteiger partial charge in [0.2, 0.25) is 0 Å². The van der Waals surface area contributed by atoms with Crippen molar-refractivity contribution in [3.8, 4) is 17.1 Å². The molecule has 3 nitrogen and oxygen atoms in total. The number of hydrogen-bond acceptors (Lipinski definition) is 1. The maximum atomic E-state index is 13.3. The number of phenols is 1. The van der Waals surface area contributed by atoms with E-state index >= 15 is 0 Å². The normalized spacial score (nSPS) is 11.3. The van der Waals surface area contributed by atoms with E-state index < -0.39 is 11.7 Å². The van der Waals surface area contributed by atoms with Crippen LogP contribution in [0.3, 0.4) is 0 Å². The molecule has 0 radical (unpaired) electrons. The van der Waals surface area contributed by atoms with Crippen molar-refractivity contribution in [1.29, 1.82) is 0 Å². The van der Waals surface area contributed by atoms with Crippen LogP contribution in [0.15, 0.2) is 64.7 Å². The van der Waals surface area contributed by atoms with E-state index in [1.807, 2.05) is 0 Å². The molecule has 1 N–H and O–H groups in total. The summed E-state index contributed by atoms with van der Waals surface area (Å²) >= 11 is 0. The smallest absolute Gasteiger partial charge is 0.416 e. The molecule has 0 amide bonds. The van der Waals surface area contributed by atoms with E-state index in [1.54, 1.807) is 30.8 Å². The van der Waals surface area contributed by atoms with Crippen LogP contribution in [0.4, 0.5) is 18.9 Å². The van der Waals surface area contributed by atoms with Crippen molar-refractivity contribution < 1.29 is 26.9 Å². The summed E-state index contributed by atoms with van der Waals surface area (Å²) in [5.74, 6) is 0.735. The first-order chi connectivity index (χ1) is 12.3. The van der Waals surface area contributed by atoms with Crippen LogP contribution in [0.1, 0.15) is 11.3 Å². The van der Waals surface area contributed by atoms with E-state index in [-0.39, 0.29) is 17.1 Å². The van der Waals surface area contributed by atoms with Crippen molar-refractivity contribution in [3.63, 3.8) is 0 Å². The molecule has 3 rings (SSSR count). The molecule has 0 aliphatic heterocycles. The van der Waals surface area contributed by atoms with Crippen molar-refractivity contribution in [2.45, 2.75) is 6.18 Å². The first-order valence-corrected chi connectivity index (χ1v) is 7.64. The van der Waals surface area contributed by atoms with Crippen molar-refractivity contribution in [2.24, 2.45) is 0 Å². The average Bonchev–Trinajstić information content (AvgIpc) is 2.95. The van der Waals surface area contributed by atoms with Crippen LogP contribution >= 0.6 is 0 Å². The molecular weight excluding hydrogens is 343 g/mol. The molecule has 26 heavy (non-hydrogen) atoms. The minimum atomic E-state index is -4.47. The molecule has 3 aromatic rings. The van der Waals surface area contributed by atoms with Gasteiger partial charge in [0.25, 0.3) is 0 Å². The lowest BCUT2D eigenvalue weighted by Gasteiger charge is -2.18. The molecule has 0 saturated carbocycles. The van der Waals surface area contributed by atoms with Gasteiger partial charge in [-0.2, -0.15) is 13.2 Å². The number of phenolic OH excluding ortho intramolecular Hbond substituents is 1. The molecule has 1 aromatic heterocycles. The summed E-state index contributed by atoms with van der Waals surface area (Å²) in [7, 11) is 3.77. The Hall–Kier alpha value is -3.28. The van der Waals surface area contributed by atoms with Gasteiger partial charge in [0.05, 0.1) is 19.4 Å². The van der Waals surface area contributed by atoms with E-state index in [4.69, 9.17) is 0 Å². The number of alkyl halides is 3. The molecule has 0 atom stereocenters. The van der Waals surface area contributed by atoms with Crippen molar-refractivity contribution in [2.75, 3.05) is 0 Å². The highest BCUT2D eigenvalue weighted by atomic mass is 19.4. The van der Waals surface area contributed by atoms with Crippen LogP contribution in [0, 0.1) is 13.7 Å². The third kappa shape index (κ3) is 3.26. The predicted molar refractivity (Wildman–Crippen MR) is 93.1 cm³/mol. The Kier molecular flexibility index (Phi) is 4.42. The highest BCUT2D eigenvalue weighted by molar-refractivity contribution is 5.64. The second kappa shape index (κ2) is 6.55. The number of rotatable bonds is 4. The molecule has 0 spiro atoms. The number of aromatic hydroxyl groups is 1. The van der Waals surface area contributed by atoms with Crippen LogP contribution in [-0.4, -0.2) is 16.4 Å². The van der Waals surface area contributed by atoms with Crippen LogP contribution in [0.25, 0.3) is 11.3 Å². The Morgan fingerprint density at radius 3 is 2.35 bits per heavy atom. The molecule has 134 valence electrons. The first kappa shape index (κ1) is 17.5. The minimum Gasteiger partial charge on any atom is -0.673 e. The molecular formula is C20H16F3NO2. The van der Waals surface area contributed by atoms with E-state index in [0.717, 1.165) is 6.07 Å². The molecule has 0 unspecified atom stereocenters. The summed E-state index contributed by atoms with van der Waals surface area (Å²) in [6.07, 6.45) is -4.47. The highest BCUT2D eigenvalue weighted by Gasteiger charge is 2.34. The number of para-hydroxylation sites is 2. The zero-order valence-corrected chi connectivity index (χ0v) is 13.7. The molecule has 6 heteroatoms. The SMILES string of the molecule is C=[N+]([CH-]c1ccc(-c2ccccc2C(F)(F)F)[o+]1[CH2-])c1ccccc1O. The maximum absolute atomic E-state index is 13.3. The van der Waals surface area contributed by atoms with Crippen molar-refractivity contribution in [1.82, 2.24) is 0 Å². The topological polar surface area (TPSA) is 25.9 Å². The largest absolute Gasteiger partial charge is 0.673 e. The molecule has 2 aromatic carbocycles. The van der Waals surface area contributed by atoms with E-state index in [1.165, 1.54) is 34.9 Å². The number of hydrogen-bond donors (Lipinski definition) is 1. The van der Waals surface area contributed by atoms with Gasteiger partial charge < -0.3 is 9.15 Å². The quantitative estimate of drug-likeness (QED) is 0.281. The Morgan fingerprint density at radius 2 is 1.65 bits per heavy atom. The van der Waals surface area contributed by atoms with Gasteiger partial charge >= 0.3 is 6.18 Å². The van der Waals surface area contributed by atoms with E-state index in [0.29, 0.717) is 11.4 Å². The third-order valence-corrected chi connectivity index (χ3v) is 3.92. The fraction of sp³-hybridized carbons (Fsp3) is 0.0500. The molecule has 0 aliphatic carbocycles. The average molecular weight is 359 g/mol. The lowest BCUT2D eigenvalue weighted by Crippen LogP contribution is -2.07. The standard InChI is InChI=1S/C20H16F3NO2/c1-24(17-9-5-6-10-18(17)25)13-14-11-12-19(26(14)2)15-7-3-4-8-16(15)20(21,22)23/h3-13,25H,1-2H2. The summed E-state index contributed by atoms with van der Waals surface area (Å²) in [4.78, 5) is 0. The molecule has 1 heterocycles. The Labute approximate surface area is 149 Å². The fourth-order valence-electron chi connectivity index (χ4n) is 2.65. The summed E-state index contributed by atoms with van der Waals surface area (Å²) in [6.45, 7) is 5.38. The van der Waals surface area contributed by atoms with Crippen LogP contribution in [-0.2, 0) is 6.18 Å². The molecule has 0 bridgehead atoms. The van der Waals surface area contributed by atoms with Gasteiger partial charge in [-0.1, -0.05) is 48.5 Å². The lowest BCUT2D eigenvalue weighted by molar-refractivity contribution is -0.382. The van der Waals surface area contributed by atoms with Crippen molar-refractivity contribution in [3.05, 3.63) is 85.6 Å². The number of halogens is 3. The van der Waals surface area contributed by atoms with Gasteiger partial charge in [-0.15, -0.1) is 0 Å². The van der Waals surface area contributed by atoms with Gasteiger partial charge in [-0.3, -0.25) is 4.58 Å². The summed E-state index contributed by atoms with van der Waals surface area (Å²) in [5.41, 5.74) is -0.279. The van der Waals surface area contributed by atoms with Crippen LogP contribution in [0.2, 0.25) is 0 Å². The molecule has 0 aliphatic rings. The summed E-state index contributed by atoms with van der Waals surface area (Å²) in [5, 5.41) is 9.88. The van der Waals surface area contributed by atoms with E-state index in [2.05, 4.69) is 17.9 Å². The molecule has 0 saturated heterocycles. The van der Waals surface area contributed by atoms with Gasteiger partial charge in [0.15, 0.2) is 11.4 Å². The van der Waals surface area contributed by atoms with Crippen molar-refractivity contribution >= 4 is 12.4 Å². The Balaban J connectivity index is 1.95. The maximum Gasteiger partial charge on any atom is 0.416 e. The van der Waals surface area contributed by atoms with Gasteiger partial charge in [-0.25, -0.2) is 0 Å². The summed E-state index contributed by atoms with van der Waals surface area (Å²) in [6, 6.07) is 15.0. The number of nitrogens with zero attached hydrogens (tertiary/aromatic N) is 1. The summed E-state index contributed by atoms with van der Waals surface area (Å²) < 4.78 is 43.5. The number of furan rings is 1. The zero-order valence-electron chi connectivity index (χ0n) is 13.7. The lowest BCUT2D eigenvalue weighted by atomic mass is 10.1. The zero-order chi connectivity index (χ0) is 18.9. The fourth-order valence-corrected chi connectivity index (χ4v) is 2.65. The number of benzene rings is 2. The van der Waals surface area contributed by atoms with Crippen LogP contribution < -0.4 is 0 Å². The predicted octanol–water partition coefficient (Wildman–Crippen LogP) is 5.55. The Bertz CT molecular complexity index is 958. The van der Waals surface area contributed by atoms with Crippen LogP contribution in [0.5, 0.6) is 5.75 Å². The first-order valence-electron chi connectivity index (χ1n) is 7.64. The molecule has 0 fully saturated rings. The van der Waals surface area contributed by atoms with E-state index in [9.17, 15) is 18.3 Å². The minimum absolute atomic E-state index is 0.0119. The second-order valence-electron chi connectivity index (χ2n) is 5.62. The monoisotopic (exact) mass is 359 g/mol. The highest BCUT2D eigenvalue weighted by Crippen LogP contribution is 2.39.